The topological polar surface area (TPSA) is 48.3 Å². The number of rotatable bonds is 10. The zero-order valence-electron chi connectivity index (χ0n) is 12.0. The van der Waals surface area contributed by atoms with Gasteiger partial charge < -0.3 is 14.8 Å². The molecule has 1 N–H and O–H groups in total. The molecule has 0 saturated carbocycles. The summed E-state index contributed by atoms with van der Waals surface area (Å²) >= 11 is 6.19. The van der Waals surface area contributed by atoms with Crippen LogP contribution < -0.4 is 5.32 Å². The number of ether oxygens (including phenoxy) is 2. The number of halogens is 1. The summed E-state index contributed by atoms with van der Waals surface area (Å²) in [6.07, 6.45) is 2.61. The van der Waals surface area contributed by atoms with Crippen molar-refractivity contribution in [2.45, 2.75) is 19.9 Å². The summed E-state index contributed by atoms with van der Waals surface area (Å²) in [5.41, 5.74) is 1.08. The van der Waals surface area contributed by atoms with E-state index in [4.69, 9.17) is 21.1 Å². The van der Waals surface area contributed by atoms with Crippen LogP contribution >= 0.6 is 11.6 Å². The summed E-state index contributed by atoms with van der Waals surface area (Å²) in [7, 11) is 3.40. The van der Waals surface area contributed by atoms with Crippen LogP contribution in [0.2, 0.25) is 5.02 Å². The van der Waals surface area contributed by atoms with Gasteiger partial charge in [-0.25, -0.2) is 0 Å². The highest BCUT2D eigenvalue weighted by molar-refractivity contribution is 6.31. The lowest BCUT2D eigenvalue weighted by atomic mass is 10.1. The lowest BCUT2D eigenvalue weighted by Crippen LogP contribution is -2.26. The van der Waals surface area contributed by atoms with Crippen LogP contribution in [0.5, 0.6) is 0 Å². The average molecular weight is 290 g/mol. The number of nitrogens with one attached hydrogen (secondary N) is 1. The van der Waals surface area contributed by atoms with Gasteiger partial charge in [-0.2, -0.15) is 5.10 Å². The highest BCUT2D eigenvalue weighted by Gasteiger charge is 2.12. The van der Waals surface area contributed by atoms with Crippen molar-refractivity contribution in [2.24, 2.45) is 5.92 Å². The molecule has 6 heteroatoms. The monoisotopic (exact) mass is 289 g/mol. The summed E-state index contributed by atoms with van der Waals surface area (Å²) in [6.45, 7) is 6.13. The summed E-state index contributed by atoms with van der Waals surface area (Å²) in [5, 5.41) is 8.37. The average Bonchev–Trinajstić information content (AvgIpc) is 2.74. The van der Waals surface area contributed by atoms with Crippen LogP contribution in [0, 0.1) is 5.92 Å². The molecule has 1 atom stereocenters. The number of nitrogens with zero attached hydrogens (tertiary/aromatic N) is 2. The Kier molecular flexibility index (Phi) is 8.05. The van der Waals surface area contributed by atoms with Crippen LogP contribution in [0.25, 0.3) is 0 Å². The molecular formula is C13H24ClN3O2. The van der Waals surface area contributed by atoms with E-state index in [9.17, 15) is 0 Å². The largest absolute Gasteiger partial charge is 0.383 e. The summed E-state index contributed by atoms with van der Waals surface area (Å²) in [6, 6.07) is 0. The minimum atomic E-state index is 0.493. The first-order valence-electron chi connectivity index (χ1n) is 6.57. The molecule has 1 rings (SSSR count). The maximum Gasteiger partial charge on any atom is 0.0817 e. The van der Waals surface area contributed by atoms with Gasteiger partial charge in [0.05, 0.1) is 36.7 Å². The van der Waals surface area contributed by atoms with E-state index < -0.39 is 0 Å². The summed E-state index contributed by atoms with van der Waals surface area (Å²) in [5.74, 6) is 0.493. The number of methoxy groups -OCH3 is 2. The maximum absolute atomic E-state index is 6.19. The molecule has 5 nitrogen and oxygen atoms in total. The fraction of sp³-hybridized carbons (Fsp3) is 0.769. The van der Waals surface area contributed by atoms with Crippen molar-refractivity contribution in [1.82, 2.24) is 15.1 Å². The number of hydrogen-bond donors (Lipinski definition) is 1. The van der Waals surface area contributed by atoms with Gasteiger partial charge in [-0.05, 0) is 18.9 Å². The second-order valence-corrected chi connectivity index (χ2v) is 5.07. The van der Waals surface area contributed by atoms with E-state index in [1.54, 1.807) is 20.4 Å². The molecule has 0 aliphatic heterocycles. The third-order valence-electron chi connectivity index (χ3n) is 2.92. The van der Waals surface area contributed by atoms with Gasteiger partial charge in [0.2, 0.25) is 0 Å². The van der Waals surface area contributed by atoms with Crippen molar-refractivity contribution in [3.05, 3.63) is 16.9 Å². The van der Waals surface area contributed by atoms with E-state index in [-0.39, 0.29) is 0 Å². The Labute approximate surface area is 120 Å². The Morgan fingerprint density at radius 1 is 1.37 bits per heavy atom. The maximum atomic E-state index is 6.19. The van der Waals surface area contributed by atoms with Gasteiger partial charge in [0.25, 0.3) is 0 Å². The molecule has 0 amide bonds. The molecule has 1 aromatic heterocycles. The lowest BCUT2D eigenvalue weighted by molar-refractivity contribution is 0.182. The summed E-state index contributed by atoms with van der Waals surface area (Å²) < 4.78 is 12.0. The van der Waals surface area contributed by atoms with E-state index in [2.05, 4.69) is 17.3 Å². The third-order valence-corrected chi connectivity index (χ3v) is 3.24. The van der Waals surface area contributed by atoms with Crippen molar-refractivity contribution >= 4 is 11.6 Å². The molecule has 19 heavy (non-hydrogen) atoms. The third kappa shape index (κ3) is 5.91. The molecule has 0 bridgehead atoms. The zero-order chi connectivity index (χ0) is 14.1. The van der Waals surface area contributed by atoms with Gasteiger partial charge in [-0.3, -0.25) is 4.68 Å². The quantitative estimate of drug-likeness (QED) is 0.665. The summed E-state index contributed by atoms with van der Waals surface area (Å²) in [4.78, 5) is 0. The van der Waals surface area contributed by atoms with Crippen LogP contribution in [-0.2, 0) is 22.4 Å². The fourth-order valence-electron chi connectivity index (χ4n) is 1.89. The van der Waals surface area contributed by atoms with Crippen LogP contribution in [0.3, 0.4) is 0 Å². The van der Waals surface area contributed by atoms with E-state index in [1.807, 2.05) is 4.68 Å². The Hall–Kier alpha value is -0.620. The van der Waals surface area contributed by atoms with Crippen molar-refractivity contribution in [2.75, 3.05) is 40.5 Å². The van der Waals surface area contributed by atoms with Gasteiger partial charge >= 0.3 is 0 Å². The normalized spacial score (nSPS) is 12.8. The van der Waals surface area contributed by atoms with Crippen LogP contribution in [0.1, 0.15) is 12.6 Å². The van der Waals surface area contributed by atoms with Crippen LogP contribution in [0.15, 0.2) is 6.20 Å². The molecule has 110 valence electrons. The van der Waals surface area contributed by atoms with Gasteiger partial charge in [-0.15, -0.1) is 0 Å². The number of aromatic nitrogens is 2. The predicted octanol–water partition coefficient (Wildman–Crippen LogP) is 1.60. The molecule has 1 heterocycles. The highest BCUT2D eigenvalue weighted by atomic mass is 35.5. The molecule has 0 aromatic carbocycles. The standard InChI is InChI=1S/C13H24ClN3O2/c1-11(9-15-4-6-18-2)8-13-12(14)10-16-17(13)5-7-19-3/h10-11,15H,4-9H2,1-3H3. The molecule has 0 aliphatic rings. The molecule has 1 aromatic rings. The van der Waals surface area contributed by atoms with E-state index >= 15 is 0 Å². The molecule has 0 spiro atoms. The SMILES string of the molecule is COCCNCC(C)Cc1c(Cl)cnn1CCOC. The Morgan fingerprint density at radius 3 is 2.79 bits per heavy atom. The van der Waals surface area contributed by atoms with E-state index in [1.165, 1.54) is 0 Å². The van der Waals surface area contributed by atoms with E-state index in [0.29, 0.717) is 12.5 Å². The second-order valence-electron chi connectivity index (χ2n) is 4.66. The lowest BCUT2D eigenvalue weighted by Gasteiger charge is -2.14. The van der Waals surface area contributed by atoms with Crippen molar-refractivity contribution < 1.29 is 9.47 Å². The number of hydrogen-bond acceptors (Lipinski definition) is 4. The first kappa shape index (κ1) is 16.4. The Bertz CT molecular complexity index is 358. The molecule has 0 fully saturated rings. The minimum absolute atomic E-state index is 0.493. The predicted molar refractivity (Wildman–Crippen MR) is 76.7 cm³/mol. The van der Waals surface area contributed by atoms with Crippen molar-refractivity contribution in [3.8, 4) is 0 Å². The van der Waals surface area contributed by atoms with Gasteiger partial charge in [-0.1, -0.05) is 18.5 Å². The molecule has 0 saturated heterocycles. The van der Waals surface area contributed by atoms with E-state index in [0.717, 1.165) is 43.4 Å². The first-order chi connectivity index (χ1) is 9.19. The molecule has 1 unspecified atom stereocenters. The second kappa shape index (κ2) is 9.31. The molecule has 0 aliphatic carbocycles. The zero-order valence-corrected chi connectivity index (χ0v) is 12.7. The van der Waals surface area contributed by atoms with Crippen LogP contribution in [-0.4, -0.2) is 50.3 Å². The smallest absolute Gasteiger partial charge is 0.0817 e. The van der Waals surface area contributed by atoms with Crippen molar-refractivity contribution in [1.29, 1.82) is 0 Å². The molecular weight excluding hydrogens is 266 g/mol. The Morgan fingerprint density at radius 2 is 2.11 bits per heavy atom. The minimum Gasteiger partial charge on any atom is -0.383 e. The van der Waals surface area contributed by atoms with Crippen molar-refractivity contribution in [3.63, 3.8) is 0 Å². The van der Waals surface area contributed by atoms with Gasteiger partial charge in [0.1, 0.15) is 0 Å². The van der Waals surface area contributed by atoms with Crippen LogP contribution in [0.4, 0.5) is 0 Å². The molecule has 0 radical (unpaired) electrons. The fourth-order valence-corrected chi connectivity index (χ4v) is 2.10. The van der Waals surface area contributed by atoms with Gasteiger partial charge in [0, 0.05) is 20.8 Å². The first-order valence-corrected chi connectivity index (χ1v) is 6.95. The van der Waals surface area contributed by atoms with Gasteiger partial charge in [0.15, 0.2) is 0 Å². The Balaban J connectivity index is 2.43. The highest BCUT2D eigenvalue weighted by Crippen LogP contribution is 2.18.